The molecule has 0 radical (unpaired) electrons. The highest BCUT2D eigenvalue weighted by atomic mass is 16.1. The summed E-state index contributed by atoms with van der Waals surface area (Å²) in [5.41, 5.74) is 1.26. The maximum atomic E-state index is 12.0. The summed E-state index contributed by atoms with van der Waals surface area (Å²) in [6.07, 6.45) is 8.81. The number of hydrogen-bond donors (Lipinski definition) is 0. The summed E-state index contributed by atoms with van der Waals surface area (Å²) in [6.45, 7) is 8.80. The Hall–Kier alpha value is -1.53. The summed E-state index contributed by atoms with van der Waals surface area (Å²) in [4.78, 5) is 28.7. The van der Waals surface area contributed by atoms with Crippen LogP contribution in [0.1, 0.15) is 51.0 Å². The van der Waals surface area contributed by atoms with Gasteiger partial charge in [-0.2, -0.15) is 0 Å². The third-order valence-corrected chi connectivity index (χ3v) is 6.64. The van der Waals surface area contributed by atoms with Crippen molar-refractivity contribution in [3.63, 3.8) is 0 Å². The standard InChI is InChI=1S/C21H33N5O/c1-15(2)20(27)14-25-8-6-16(7-9-25)17-10-22-21(23-11-17)26-18-4-5-19(26)13-24(3)12-18/h10-11,15-16,18-19H,4-9,12-14H2,1-3H3. The zero-order chi connectivity index (χ0) is 19.0. The maximum absolute atomic E-state index is 12.0. The van der Waals surface area contributed by atoms with Crippen LogP contribution < -0.4 is 4.90 Å². The van der Waals surface area contributed by atoms with Gasteiger partial charge < -0.3 is 9.80 Å². The van der Waals surface area contributed by atoms with Crippen LogP contribution in [0.4, 0.5) is 5.95 Å². The molecule has 3 fully saturated rings. The molecule has 3 aliphatic heterocycles. The molecular formula is C21H33N5O. The number of piperazine rings is 1. The molecule has 6 nitrogen and oxygen atoms in total. The second-order valence-corrected chi connectivity index (χ2v) is 9.00. The fourth-order valence-electron chi connectivity index (χ4n) is 4.94. The molecular weight excluding hydrogens is 338 g/mol. The Labute approximate surface area is 162 Å². The van der Waals surface area contributed by atoms with E-state index >= 15 is 0 Å². The number of nitrogens with zero attached hydrogens (tertiary/aromatic N) is 5. The number of anilines is 1. The van der Waals surface area contributed by atoms with Crippen molar-refractivity contribution in [1.29, 1.82) is 0 Å². The smallest absolute Gasteiger partial charge is 0.225 e. The van der Waals surface area contributed by atoms with Gasteiger partial charge in [0.15, 0.2) is 0 Å². The van der Waals surface area contributed by atoms with Crippen LogP contribution in [0, 0.1) is 5.92 Å². The Morgan fingerprint density at radius 3 is 2.22 bits per heavy atom. The van der Waals surface area contributed by atoms with Crippen molar-refractivity contribution in [3.8, 4) is 0 Å². The van der Waals surface area contributed by atoms with Crippen LogP contribution in [0.5, 0.6) is 0 Å². The number of rotatable bonds is 5. The number of Topliss-reactive ketones (excluding diaryl/α,β-unsaturated/α-hetero) is 1. The highest BCUT2D eigenvalue weighted by molar-refractivity contribution is 5.82. The van der Waals surface area contributed by atoms with Crippen LogP contribution in [0.15, 0.2) is 12.4 Å². The first-order valence-electron chi connectivity index (χ1n) is 10.5. The molecule has 4 rings (SSSR count). The molecule has 2 bridgehead atoms. The van der Waals surface area contributed by atoms with Crippen LogP contribution in [-0.2, 0) is 4.79 Å². The molecule has 2 atom stereocenters. The highest BCUT2D eigenvalue weighted by Gasteiger charge is 2.40. The number of ketones is 1. The Morgan fingerprint density at radius 1 is 1.07 bits per heavy atom. The fourth-order valence-corrected chi connectivity index (χ4v) is 4.94. The van der Waals surface area contributed by atoms with Crippen LogP contribution in [0.3, 0.4) is 0 Å². The topological polar surface area (TPSA) is 52.6 Å². The van der Waals surface area contributed by atoms with Crippen LogP contribution in [-0.4, -0.2) is 77.4 Å². The molecule has 0 spiro atoms. The molecule has 6 heteroatoms. The van der Waals surface area contributed by atoms with E-state index in [0.717, 1.165) is 45.0 Å². The van der Waals surface area contributed by atoms with Crippen molar-refractivity contribution >= 4 is 11.7 Å². The highest BCUT2D eigenvalue weighted by Crippen LogP contribution is 2.33. The van der Waals surface area contributed by atoms with E-state index in [1.54, 1.807) is 0 Å². The van der Waals surface area contributed by atoms with E-state index in [0.29, 0.717) is 30.3 Å². The molecule has 2 unspecified atom stereocenters. The lowest BCUT2D eigenvalue weighted by Crippen LogP contribution is -2.53. The summed E-state index contributed by atoms with van der Waals surface area (Å²) in [7, 11) is 2.22. The number of piperidine rings is 1. The molecule has 4 heterocycles. The first-order valence-corrected chi connectivity index (χ1v) is 10.5. The van der Waals surface area contributed by atoms with Crippen molar-refractivity contribution < 1.29 is 4.79 Å². The lowest BCUT2D eigenvalue weighted by molar-refractivity contribution is -0.123. The molecule has 0 saturated carbocycles. The Bertz CT molecular complexity index is 639. The predicted molar refractivity (Wildman–Crippen MR) is 107 cm³/mol. The number of hydrogen-bond acceptors (Lipinski definition) is 6. The van der Waals surface area contributed by atoms with Gasteiger partial charge in [0, 0.05) is 43.5 Å². The van der Waals surface area contributed by atoms with Crippen molar-refractivity contribution in [3.05, 3.63) is 18.0 Å². The minimum atomic E-state index is 0.133. The van der Waals surface area contributed by atoms with Gasteiger partial charge in [0.1, 0.15) is 5.78 Å². The summed E-state index contributed by atoms with van der Waals surface area (Å²) < 4.78 is 0. The molecule has 0 aromatic carbocycles. The summed E-state index contributed by atoms with van der Waals surface area (Å²) in [5, 5.41) is 0. The molecule has 3 saturated heterocycles. The van der Waals surface area contributed by atoms with E-state index < -0.39 is 0 Å². The van der Waals surface area contributed by atoms with Gasteiger partial charge in [0.05, 0.1) is 6.54 Å². The number of fused-ring (bicyclic) bond motifs is 2. The predicted octanol–water partition coefficient (Wildman–Crippen LogP) is 2.16. The van der Waals surface area contributed by atoms with Gasteiger partial charge in [-0.05, 0) is 57.3 Å². The van der Waals surface area contributed by atoms with Gasteiger partial charge in [-0.1, -0.05) is 13.8 Å². The lowest BCUT2D eigenvalue weighted by Gasteiger charge is -2.39. The summed E-state index contributed by atoms with van der Waals surface area (Å²) >= 11 is 0. The van der Waals surface area contributed by atoms with E-state index in [1.165, 1.54) is 18.4 Å². The van der Waals surface area contributed by atoms with Gasteiger partial charge in [-0.15, -0.1) is 0 Å². The van der Waals surface area contributed by atoms with Crippen LogP contribution in [0.2, 0.25) is 0 Å². The van der Waals surface area contributed by atoms with Gasteiger partial charge in [-0.25, -0.2) is 9.97 Å². The quantitative estimate of drug-likeness (QED) is 0.791. The van der Waals surface area contributed by atoms with Gasteiger partial charge in [-0.3, -0.25) is 9.69 Å². The van der Waals surface area contributed by atoms with Crippen molar-refractivity contribution in [1.82, 2.24) is 19.8 Å². The molecule has 3 aliphatic rings. The van der Waals surface area contributed by atoms with Crippen LogP contribution in [0.25, 0.3) is 0 Å². The zero-order valence-electron chi connectivity index (χ0n) is 17.0. The molecule has 148 valence electrons. The van der Waals surface area contributed by atoms with Gasteiger partial charge >= 0.3 is 0 Å². The van der Waals surface area contributed by atoms with E-state index in [1.807, 2.05) is 13.8 Å². The van der Waals surface area contributed by atoms with E-state index in [9.17, 15) is 4.79 Å². The average Bonchev–Trinajstić information content (AvgIpc) is 2.93. The average molecular weight is 372 g/mol. The second-order valence-electron chi connectivity index (χ2n) is 9.00. The Morgan fingerprint density at radius 2 is 1.67 bits per heavy atom. The minimum absolute atomic E-state index is 0.133. The van der Waals surface area contributed by atoms with Crippen molar-refractivity contribution in [2.24, 2.45) is 5.92 Å². The molecule has 0 aliphatic carbocycles. The molecule has 27 heavy (non-hydrogen) atoms. The Kier molecular flexibility index (Phi) is 5.46. The second kappa shape index (κ2) is 7.84. The van der Waals surface area contributed by atoms with Gasteiger partial charge in [0.25, 0.3) is 0 Å². The summed E-state index contributed by atoms with van der Waals surface area (Å²) in [6, 6.07) is 1.14. The normalized spacial score (nSPS) is 27.5. The monoisotopic (exact) mass is 371 g/mol. The first kappa shape index (κ1) is 18.8. The first-order chi connectivity index (χ1) is 13.0. The SMILES string of the molecule is CC(C)C(=O)CN1CCC(c2cnc(N3C4CCC3CN(C)C4)nc2)CC1. The maximum Gasteiger partial charge on any atom is 0.225 e. The molecule has 0 N–H and O–H groups in total. The minimum Gasteiger partial charge on any atom is -0.332 e. The summed E-state index contributed by atoms with van der Waals surface area (Å²) in [5.74, 6) is 1.92. The van der Waals surface area contributed by atoms with Gasteiger partial charge in [0.2, 0.25) is 5.95 Å². The Balaban J connectivity index is 1.35. The molecule has 0 amide bonds. The number of likely N-dealkylation sites (N-methyl/N-ethyl adjacent to an activating group) is 1. The van der Waals surface area contributed by atoms with Crippen molar-refractivity contribution in [2.75, 3.05) is 44.7 Å². The number of carbonyl (C=O) groups is 1. The molecule has 1 aromatic rings. The largest absolute Gasteiger partial charge is 0.332 e. The fraction of sp³-hybridized carbons (Fsp3) is 0.762. The third kappa shape index (κ3) is 4.02. The number of carbonyl (C=O) groups excluding carboxylic acids is 1. The number of aromatic nitrogens is 2. The van der Waals surface area contributed by atoms with Crippen LogP contribution >= 0.6 is 0 Å². The van der Waals surface area contributed by atoms with Crippen molar-refractivity contribution in [2.45, 2.75) is 57.5 Å². The molecule has 1 aromatic heterocycles. The van der Waals surface area contributed by atoms with E-state index in [-0.39, 0.29) is 5.92 Å². The number of likely N-dealkylation sites (tertiary alicyclic amines) is 2. The lowest BCUT2D eigenvalue weighted by atomic mass is 9.91. The third-order valence-electron chi connectivity index (χ3n) is 6.64. The van der Waals surface area contributed by atoms with E-state index in [2.05, 4.69) is 34.1 Å². The zero-order valence-corrected chi connectivity index (χ0v) is 17.0. The van der Waals surface area contributed by atoms with E-state index in [4.69, 9.17) is 9.97 Å².